The van der Waals surface area contributed by atoms with Crippen LogP contribution in [0.15, 0.2) is 54.9 Å². The van der Waals surface area contributed by atoms with E-state index in [-0.39, 0.29) is 5.91 Å². The van der Waals surface area contributed by atoms with Gasteiger partial charge in [-0.05, 0) is 36.6 Å². The molecule has 6 nitrogen and oxygen atoms in total. The summed E-state index contributed by atoms with van der Waals surface area (Å²) >= 11 is 0. The van der Waals surface area contributed by atoms with Crippen LogP contribution in [-0.4, -0.2) is 26.8 Å². The van der Waals surface area contributed by atoms with Gasteiger partial charge < -0.3 is 10.4 Å². The molecule has 2 N–H and O–H groups in total. The number of allylic oxidation sites excluding steroid dienone is 2. The number of nitrogens with one attached hydrogen (secondary N) is 1. The molecular formula is C18H19N3O3. The fraction of sp³-hybridized carbons (Fsp3) is 0.278. The van der Waals surface area contributed by atoms with Crippen molar-refractivity contribution in [1.29, 1.82) is 0 Å². The molecule has 1 aliphatic carbocycles. The quantitative estimate of drug-likeness (QED) is 0.827. The molecule has 24 heavy (non-hydrogen) atoms. The predicted molar refractivity (Wildman–Crippen MR) is 89.4 cm³/mol. The van der Waals surface area contributed by atoms with Crippen molar-refractivity contribution in [3.63, 3.8) is 0 Å². The van der Waals surface area contributed by atoms with Gasteiger partial charge in [0.2, 0.25) is 5.91 Å². The summed E-state index contributed by atoms with van der Waals surface area (Å²) in [4.78, 5) is 23.8. The lowest BCUT2D eigenvalue weighted by Crippen LogP contribution is -2.34. The SMILES string of the molecule is O=C(O)C1CC=CCC1C(=O)Nc1cccc(Cn2cccn2)c1. The number of aliphatic carboxylic acids is 1. The number of carbonyl (C=O) groups is 2. The van der Waals surface area contributed by atoms with E-state index in [1.807, 2.05) is 42.6 Å². The highest BCUT2D eigenvalue weighted by Gasteiger charge is 2.33. The Morgan fingerprint density at radius 2 is 2.00 bits per heavy atom. The largest absolute Gasteiger partial charge is 0.481 e. The van der Waals surface area contributed by atoms with E-state index >= 15 is 0 Å². The van der Waals surface area contributed by atoms with E-state index in [2.05, 4.69) is 10.4 Å². The number of rotatable bonds is 5. The van der Waals surface area contributed by atoms with Crippen molar-refractivity contribution in [2.24, 2.45) is 11.8 Å². The summed E-state index contributed by atoms with van der Waals surface area (Å²) < 4.78 is 1.80. The first kappa shape index (κ1) is 16.0. The van der Waals surface area contributed by atoms with E-state index < -0.39 is 17.8 Å². The van der Waals surface area contributed by atoms with E-state index in [0.29, 0.717) is 25.1 Å². The molecule has 1 aromatic carbocycles. The van der Waals surface area contributed by atoms with Crippen LogP contribution in [0, 0.1) is 11.8 Å². The molecule has 2 unspecified atom stereocenters. The third-order valence-electron chi connectivity index (χ3n) is 4.18. The van der Waals surface area contributed by atoms with Gasteiger partial charge in [0.1, 0.15) is 0 Å². The van der Waals surface area contributed by atoms with Gasteiger partial charge in [0, 0.05) is 18.1 Å². The average Bonchev–Trinajstić information content (AvgIpc) is 3.08. The maximum atomic E-state index is 12.5. The van der Waals surface area contributed by atoms with Crippen molar-refractivity contribution in [2.45, 2.75) is 19.4 Å². The summed E-state index contributed by atoms with van der Waals surface area (Å²) in [6, 6.07) is 9.37. The standard InChI is InChI=1S/C18H19N3O3/c22-17(15-7-1-2-8-16(15)18(23)24)20-14-6-3-5-13(11-14)12-21-10-4-9-19-21/h1-6,9-11,15-16H,7-8,12H2,(H,20,22)(H,23,24). The third kappa shape index (κ3) is 3.71. The molecule has 124 valence electrons. The van der Waals surface area contributed by atoms with E-state index in [1.54, 1.807) is 16.9 Å². The van der Waals surface area contributed by atoms with Crippen molar-refractivity contribution in [1.82, 2.24) is 9.78 Å². The number of nitrogens with zero attached hydrogens (tertiary/aromatic N) is 2. The van der Waals surface area contributed by atoms with Crippen molar-refractivity contribution in [2.75, 3.05) is 5.32 Å². The van der Waals surface area contributed by atoms with E-state index in [0.717, 1.165) is 5.56 Å². The lowest BCUT2D eigenvalue weighted by molar-refractivity contribution is -0.146. The van der Waals surface area contributed by atoms with Gasteiger partial charge in [-0.15, -0.1) is 0 Å². The summed E-state index contributed by atoms with van der Waals surface area (Å²) in [6.07, 6.45) is 8.14. The fourth-order valence-corrected chi connectivity index (χ4v) is 2.94. The molecule has 0 spiro atoms. The minimum atomic E-state index is -0.924. The van der Waals surface area contributed by atoms with Gasteiger partial charge in [0.25, 0.3) is 0 Å². The summed E-state index contributed by atoms with van der Waals surface area (Å²) in [6.45, 7) is 0.612. The number of aromatic nitrogens is 2. The molecule has 0 radical (unpaired) electrons. The topological polar surface area (TPSA) is 84.2 Å². The van der Waals surface area contributed by atoms with Crippen LogP contribution in [0.2, 0.25) is 0 Å². The Kier molecular flexibility index (Phi) is 4.74. The Morgan fingerprint density at radius 3 is 2.71 bits per heavy atom. The first-order valence-corrected chi connectivity index (χ1v) is 7.88. The first-order chi connectivity index (χ1) is 11.6. The Morgan fingerprint density at radius 1 is 1.21 bits per heavy atom. The van der Waals surface area contributed by atoms with Gasteiger partial charge >= 0.3 is 5.97 Å². The number of hydrogen-bond acceptors (Lipinski definition) is 3. The highest BCUT2D eigenvalue weighted by Crippen LogP contribution is 2.27. The van der Waals surface area contributed by atoms with Gasteiger partial charge in [-0.1, -0.05) is 24.3 Å². The second-order valence-corrected chi connectivity index (χ2v) is 5.89. The molecule has 0 saturated carbocycles. The fourth-order valence-electron chi connectivity index (χ4n) is 2.94. The highest BCUT2D eigenvalue weighted by atomic mass is 16.4. The monoisotopic (exact) mass is 325 g/mol. The minimum absolute atomic E-state index is 0.247. The van der Waals surface area contributed by atoms with Crippen LogP contribution in [0.25, 0.3) is 0 Å². The Hall–Kier alpha value is -2.89. The summed E-state index contributed by atoms with van der Waals surface area (Å²) in [5.74, 6) is -2.38. The molecule has 0 saturated heterocycles. The second-order valence-electron chi connectivity index (χ2n) is 5.89. The lowest BCUT2D eigenvalue weighted by atomic mass is 9.82. The molecule has 1 amide bonds. The van der Waals surface area contributed by atoms with Gasteiger partial charge in [-0.25, -0.2) is 0 Å². The maximum absolute atomic E-state index is 12.5. The number of carbonyl (C=O) groups excluding carboxylic acids is 1. The molecule has 2 atom stereocenters. The molecule has 1 aliphatic rings. The molecule has 0 fully saturated rings. The van der Waals surface area contributed by atoms with Crippen molar-refractivity contribution >= 4 is 17.6 Å². The number of amides is 1. The number of hydrogen-bond donors (Lipinski definition) is 2. The predicted octanol–water partition coefficient (Wildman–Crippen LogP) is 2.54. The van der Waals surface area contributed by atoms with Crippen LogP contribution in [0.4, 0.5) is 5.69 Å². The van der Waals surface area contributed by atoms with E-state index in [1.165, 1.54) is 0 Å². The van der Waals surface area contributed by atoms with Crippen LogP contribution < -0.4 is 5.32 Å². The molecule has 6 heteroatoms. The van der Waals surface area contributed by atoms with Crippen molar-refractivity contribution < 1.29 is 14.7 Å². The van der Waals surface area contributed by atoms with Crippen molar-refractivity contribution in [3.8, 4) is 0 Å². The number of carboxylic acids is 1. The van der Waals surface area contributed by atoms with E-state index in [9.17, 15) is 14.7 Å². The Bertz CT molecular complexity index is 753. The zero-order chi connectivity index (χ0) is 16.9. The van der Waals surface area contributed by atoms with Crippen LogP contribution in [0.1, 0.15) is 18.4 Å². The minimum Gasteiger partial charge on any atom is -0.481 e. The average molecular weight is 325 g/mol. The first-order valence-electron chi connectivity index (χ1n) is 7.88. The highest BCUT2D eigenvalue weighted by molar-refractivity contribution is 5.95. The maximum Gasteiger partial charge on any atom is 0.307 e. The zero-order valence-electron chi connectivity index (χ0n) is 13.1. The zero-order valence-corrected chi connectivity index (χ0v) is 13.1. The molecule has 2 aromatic rings. The normalized spacial score (nSPS) is 19.8. The smallest absolute Gasteiger partial charge is 0.307 e. The Balaban J connectivity index is 1.70. The van der Waals surface area contributed by atoms with Gasteiger partial charge in [0.15, 0.2) is 0 Å². The molecule has 0 bridgehead atoms. The van der Waals surface area contributed by atoms with Crippen molar-refractivity contribution in [3.05, 3.63) is 60.4 Å². The Labute approximate surface area is 139 Å². The lowest BCUT2D eigenvalue weighted by Gasteiger charge is -2.24. The summed E-state index contributed by atoms with van der Waals surface area (Å²) in [5.41, 5.74) is 1.68. The summed E-state index contributed by atoms with van der Waals surface area (Å²) in [5, 5.41) is 16.3. The molecule has 1 heterocycles. The molecule has 1 aromatic heterocycles. The third-order valence-corrected chi connectivity index (χ3v) is 4.18. The van der Waals surface area contributed by atoms with Gasteiger partial charge in [-0.3, -0.25) is 14.3 Å². The molecule has 3 rings (SSSR count). The summed E-state index contributed by atoms with van der Waals surface area (Å²) in [7, 11) is 0. The number of benzene rings is 1. The van der Waals surface area contributed by atoms with Gasteiger partial charge in [-0.2, -0.15) is 5.10 Å². The van der Waals surface area contributed by atoms with E-state index in [4.69, 9.17) is 0 Å². The van der Waals surface area contributed by atoms with Crippen LogP contribution in [-0.2, 0) is 16.1 Å². The molecular weight excluding hydrogens is 306 g/mol. The molecule has 0 aliphatic heterocycles. The van der Waals surface area contributed by atoms with Crippen LogP contribution >= 0.6 is 0 Å². The van der Waals surface area contributed by atoms with Crippen LogP contribution in [0.3, 0.4) is 0 Å². The number of anilines is 1. The second kappa shape index (κ2) is 7.12. The van der Waals surface area contributed by atoms with Gasteiger partial charge in [0.05, 0.1) is 18.4 Å². The van der Waals surface area contributed by atoms with Crippen LogP contribution in [0.5, 0.6) is 0 Å². The number of carboxylic acid groups (broad SMARTS) is 1.